The number of hydrogen-bond acceptors (Lipinski definition) is 3. The second-order valence-corrected chi connectivity index (χ2v) is 11.2. The Bertz CT molecular complexity index is 1290. The minimum absolute atomic E-state index is 0.0946. The van der Waals surface area contributed by atoms with E-state index >= 15 is 0 Å². The highest BCUT2D eigenvalue weighted by atomic mass is 32.2. The second kappa shape index (κ2) is 9.63. The van der Waals surface area contributed by atoms with E-state index in [1.807, 2.05) is 51.1 Å². The molecule has 1 unspecified atom stereocenters. The molecule has 1 amide bonds. The number of nitrogens with one attached hydrogen (secondary N) is 1. The lowest BCUT2D eigenvalue weighted by atomic mass is 10.0. The van der Waals surface area contributed by atoms with Gasteiger partial charge in [-0.15, -0.1) is 0 Å². The lowest BCUT2D eigenvalue weighted by molar-refractivity contribution is 0.0940. The van der Waals surface area contributed by atoms with Gasteiger partial charge in [0.1, 0.15) is 0 Å². The fourth-order valence-electron chi connectivity index (χ4n) is 4.71. The molecule has 178 valence electrons. The molecule has 0 heterocycles. The first kappa shape index (κ1) is 24.0. The number of aryl methyl sites for hydroxylation is 4. The molecule has 0 fully saturated rings. The number of amides is 1. The van der Waals surface area contributed by atoms with Gasteiger partial charge in [-0.2, -0.15) is 0 Å². The fourth-order valence-corrected chi connectivity index (χ4v) is 5.72. The molecular weight excluding hydrogens is 444 g/mol. The smallest absolute Gasteiger partial charge is 0.251 e. The maximum Gasteiger partial charge on any atom is 0.251 e. The number of benzene rings is 3. The van der Waals surface area contributed by atoms with Gasteiger partial charge in [-0.3, -0.25) is 9.10 Å². The number of hydrogen-bond donors (Lipinski definition) is 1. The van der Waals surface area contributed by atoms with Gasteiger partial charge in [-0.05, 0) is 85.5 Å². The summed E-state index contributed by atoms with van der Waals surface area (Å²) >= 11 is 0. The summed E-state index contributed by atoms with van der Waals surface area (Å²) in [6.45, 7) is 6.03. The van der Waals surface area contributed by atoms with Crippen LogP contribution in [0.1, 0.15) is 63.1 Å². The first-order valence-corrected chi connectivity index (χ1v) is 13.5. The molecular formula is C28H32N2O3S. The summed E-state index contributed by atoms with van der Waals surface area (Å²) in [5.41, 5.74) is 7.80. The summed E-state index contributed by atoms with van der Waals surface area (Å²) in [6.07, 6.45) is 4.67. The highest BCUT2D eigenvalue weighted by molar-refractivity contribution is 7.92. The van der Waals surface area contributed by atoms with Crippen LogP contribution in [0.4, 0.5) is 5.69 Å². The van der Waals surface area contributed by atoms with Gasteiger partial charge >= 0.3 is 0 Å². The third-order valence-electron chi connectivity index (χ3n) is 6.60. The zero-order valence-corrected chi connectivity index (χ0v) is 21.1. The molecule has 34 heavy (non-hydrogen) atoms. The average Bonchev–Trinajstić information content (AvgIpc) is 3.26. The molecule has 1 aliphatic rings. The maximum atomic E-state index is 12.8. The Balaban J connectivity index is 1.48. The van der Waals surface area contributed by atoms with Crippen molar-refractivity contribution < 1.29 is 13.2 Å². The largest absolute Gasteiger partial charge is 0.346 e. The molecule has 1 aliphatic carbocycles. The molecule has 0 radical (unpaired) electrons. The first-order valence-electron chi connectivity index (χ1n) is 11.7. The predicted molar refractivity (Wildman–Crippen MR) is 138 cm³/mol. The summed E-state index contributed by atoms with van der Waals surface area (Å²) < 4.78 is 26.6. The van der Waals surface area contributed by atoms with Crippen molar-refractivity contribution in [2.24, 2.45) is 0 Å². The standard InChI is InChI=1S/C28H32N2O3S/c1-19-7-5-8-20(2)27(19)30(34(4,32)33)18-22-11-13-24(14-12-22)28(31)29-21(3)25-16-15-23-9-6-10-26(23)17-25/h5,7-8,11-17,21H,6,9-10,18H2,1-4H3,(H,29,31). The summed E-state index contributed by atoms with van der Waals surface area (Å²) in [4.78, 5) is 12.8. The minimum Gasteiger partial charge on any atom is -0.346 e. The van der Waals surface area contributed by atoms with E-state index in [0.29, 0.717) is 11.3 Å². The third-order valence-corrected chi connectivity index (χ3v) is 7.71. The summed E-state index contributed by atoms with van der Waals surface area (Å²) in [5, 5.41) is 3.08. The van der Waals surface area contributed by atoms with Crippen LogP contribution in [0.3, 0.4) is 0 Å². The predicted octanol–water partition coefficient (Wildman–Crippen LogP) is 5.25. The van der Waals surface area contributed by atoms with Gasteiger partial charge in [0, 0.05) is 5.56 Å². The number of carbonyl (C=O) groups is 1. The fraction of sp³-hybridized carbons (Fsp3) is 0.321. The van der Waals surface area contributed by atoms with Crippen LogP contribution < -0.4 is 9.62 Å². The molecule has 1 N–H and O–H groups in total. The monoisotopic (exact) mass is 476 g/mol. The molecule has 0 saturated heterocycles. The molecule has 0 spiro atoms. The van der Waals surface area contributed by atoms with Crippen molar-refractivity contribution >= 4 is 21.6 Å². The highest BCUT2D eigenvalue weighted by Crippen LogP contribution is 2.29. The molecule has 6 heteroatoms. The van der Waals surface area contributed by atoms with Gasteiger partial charge in [-0.25, -0.2) is 8.42 Å². The number of para-hydroxylation sites is 1. The number of anilines is 1. The van der Waals surface area contributed by atoms with Crippen molar-refractivity contribution in [3.63, 3.8) is 0 Å². The van der Waals surface area contributed by atoms with Crippen LogP contribution >= 0.6 is 0 Å². The van der Waals surface area contributed by atoms with E-state index in [0.717, 1.165) is 35.1 Å². The van der Waals surface area contributed by atoms with Crippen LogP contribution in [0.25, 0.3) is 0 Å². The Morgan fingerprint density at radius 3 is 2.26 bits per heavy atom. The van der Waals surface area contributed by atoms with Crippen LogP contribution in [-0.4, -0.2) is 20.6 Å². The lowest BCUT2D eigenvalue weighted by Gasteiger charge is -2.26. The van der Waals surface area contributed by atoms with Crippen LogP contribution in [0.2, 0.25) is 0 Å². The molecule has 1 atom stereocenters. The Morgan fingerprint density at radius 1 is 0.971 bits per heavy atom. The van der Waals surface area contributed by atoms with E-state index < -0.39 is 10.0 Å². The van der Waals surface area contributed by atoms with E-state index in [9.17, 15) is 13.2 Å². The van der Waals surface area contributed by atoms with Gasteiger partial charge in [0.2, 0.25) is 10.0 Å². The third kappa shape index (κ3) is 5.17. The van der Waals surface area contributed by atoms with E-state index in [1.165, 1.54) is 28.1 Å². The molecule has 0 aromatic heterocycles. The number of sulfonamides is 1. The van der Waals surface area contributed by atoms with Crippen molar-refractivity contribution in [2.45, 2.75) is 52.6 Å². The van der Waals surface area contributed by atoms with Crippen LogP contribution in [-0.2, 0) is 29.4 Å². The highest BCUT2D eigenvalue weighted by Gasteiger charge is 2.22. The van der Waals surface area contributed by atoms with E-state index in [1.54, 1.807) is 12.1 Å². The Morgan fingerprint density at radius 2 is 1.62 bits per heavy atom. The van der Waals surface area contributed by atoms with Crippen molar-refractivity contribution in [1.82, 2.24) is 5.32 Å². The maximum absolute atomic E-state index is 12.8. The number of carbonyl (C=O) groups excluding carboxylic acids is 1. The van der Waals surface area contributed by atoms with Crippen LogP contribution in [0.15, 0.2) is 60.7 Å². The average molecular weight is 477 g/mol. The number of nitrogens with zero attached hydrogens (tertiary/aromatic N) is 1. The Labute approximate surface area is 202 Å². The van der Waals surface area contributed by atoms with Crippen molar-refractivity contribution in [1.29, 1.82) is 0 Å². The van der Waals surface area contributed by atoms with Gasteiger partial charge in [-0.1, -0.05) is 48.5 Å². The van der Waals surface area contributed by atoms with Gasteiger partial charge < -0.3 is 5.32 Å². The van der Waals surface area contributed by atoms with Crippen molar-refractivity contribution in [3.05, 3.63) is 99.6 Å². The molecule has 4 rings (SSSR count). The molecule has 5 nitrogen and oxygen atoms in total. The molecule has 3 aromatic rings. The SMILES string of the molecule is Cc1cccc(C)c1N(Cc1ccc(C(=O)NC(C)c2ccc3c(c2)CCC3)cc1)S(C)(=O)=O. The van der Waals surface area contributed by atoms with E-state index in [-0.39, 0.29) is 18.5 Å². The summed E-state index contributed by atoms with van der Waals surface area (Å²) in [5.74, 6) is -0.144. The van der Waals surface area contributed by atoms with Gasteiger partial charge in [0.25, 0.3) is 5.91 Å². The number of fused-ring (bicyclic) bond motifs is 1. The number of rotatable bonds is 7. The lowest BCUT2D eigenvalue weighted by Crippen LogP contribution is -2.30. The second-order valence-electron chi connectivity index (χ2n) is 9.28. The summed E-state index contributed by atoms with van der Waals surface area (Å²) in [7, 11) is -3.48. The van der Waals surface area contributed by atoms with Gasteiger partial charge in [0.05, 0.1) is 24.5 Å². The molecule has 3 aromatic carbocycles. The molecule has 0 aliphatic heterocycles. The molecule has 0 bridgehead atoms. The van der Waals surface area contributed by atoms with Crippen LogP contribution in [0, 0.1) is 13.8 Å². The Kier molecular flexibility index (Phi) is 6.80. The van der Waals surface area contributed by atoms with Crippen LogP contribution in [0.5, 0.6) is 0 Å². The van der Waals surface area contributed by atoms with E-state index in [2.05, 4.69) is 23.5 Å². The zero-order valence-electron chi connectivity index (χ0n) is 20.3. The van der Waals surface area contributed by atoms with Crippen molar-refractivity contribution in [3.8, 4) is 0 Å². The van der Waals surface area contributed by atoms with E-state index in [4.69, 9.17) is 0 Å². The zero-order chi connectivity index (χ0) is 24.5. The van der Waals surface area contributed by atoms with Crippen molar-refractivity contribution in [2.75, 3.05) is 10.6 Å². The quantitative estimate of drug-likeness (QED) is 0.507. The topological polar surface area (TPSA) is 66.5 Å². The Hall–Kier alpha value is -3.12. The normalized spacial score (nSPS) is 13.9. The van der Waals surface area contributed by atoms with Gasteiger partial charge in [0.15, 0.2) is 0 Å². The summed E-state index contributed by atoms with van der Waals surface area (Å²) in [6, 6.07) is 19.3. The minimum atomic E-state index is -3.48. The molecule has 0 saturated carbocycles. The first-order chi connectivity index (χ1) is 16.1.